The first-order chi connectivity index (χ1) is 12.3. The zero-order valence-electron chi connectivity index (χ0n) is 14.9. The van der Waals surface area contributed by atoms with Crippen molar-refractivity contribution in [3.63, 3.8) is 0 Å². The second-order valence-electron chi connectivity index (χ2n) is 6.26. The van der Waals surface area contributed by atoms with E-state index in [2.05, 4.69) is 48.4 Å². The maximum atomic E-state index is 6.10. The van der Waals surface area contributed by atoms with Gasteiger partial charge in [0.1, 0.15) is 0 Å². The SMILES string of the molecule is CCCOc1ccc(CC(CN)c2c[nH]c3ccccc23)cc1OC. The predicted molar refractivity (Wildman–Crippen MR) is 103 cm³/mol. The zero-order chi connectivity index (χ0) is 17.6. The zero-order valence-corrected chi connectivity index (χ0v) is 14.9. The number of aromatic amines is 1. The molecular weight excluding hydrogens is 312 g/mol. The van der Waals surface area contributed by atoms with Crippen LogP contribution in [0.1, 0.15) is 30.4 Å². The number of nitrogens with two attached hydrogens (primary N) is 1. The molecule has 0 saturated carbocycles. The molecule has 0 aliphatic heterocycles. The largest absolute Gasteiger partial charge is 0.493 e. The highest BCUT2D eigenvalue weighted by Crippen LogP contribution is 2.32. The fourth-order valence-electron chi connectivity index (χ4n) is 3.21. The van der Waals surface area contributed by atoms with Crippen molar-refractivity contribution in [2.75, 3.05) is 20.3 Å². The van der Waals surface area contributed by atoms with E-state index >= 15 is 0 Å². The molecule has 2 aromatic carbocycles. The molecule has 3 N–H and O–H groups in total. The number of rotatable bonds is 8. The Balaban J connectivity index is 1.84. The first-order valence-electron chi connectivity index (χ1n) is 8.82. The monoisotopic (exact) mass is 338 g/mol. The fraction of sp³-hybridized carbons (Fsp3) is 0.333. The Morgan fingerprint density at radius 3 is 2.72 bits per heavy atom. The lowest BCUT2D eigenvalue weighted by molar-refractivity contribution is 0.294. The van der Waals surface area contributed by atoms with Gasteiger partial charge in [0, 0.05) is 23.0 Å². The third-order valence-electron chi connectivity index (χ3n) is 4.52. The van der Waals surface area contributed by atoms with Gasteiger partial charge in [-0.1, -0.05) is 31.2 Å². The van der Waals surface area contributed by atoms with Gasteiger partial charge in [0.2, 0.25) is 0 Å². The number of fused-ring (bicyclic) bond motifs is 1. The Labute approximate surface area is 149 Å². The Morgan fingerprint density at radius 1 is 1.12 bits per heavy atom. The molecule has 0 fully saturated rings. The van der Waals surface area contributed by atoms with E-state index in [1.165, 1.54) is 16.5 Å². The molecule has 4 nitrogen and oxygen atoms in total. The molecule has 0 amide bonds. The minimum atomic E-state index is 0.253. The highest BCUT2D eigenvalue weighted by atomic mass is 16.5. The fourth-order valence-corrected chi connectivity index (χ4v) is 3.21. The summed E-state index contributed by atoms with van der Waals surface area (Å²) in [6.45, 7) is 3.38. The van der Waals surface area contributed by atoms with Crippen LogP contribution in [-0.4, -0.2) is 25.2 Å². The molecule has 0 radical (unpaired) electrons. The van der Waals surface area contributed by atoms with Gasteiger partial charge in [-0.3, -0.25) is 0 Å². The quantitative estimate of drug-likeness (QED) is 0.645. The van der Waals surface area contributed by atoms with Crippen LogP contribution in [0.25, 0.3) is 10.9 Å². The molecule has 132 valence electrons. The van der Waals surface area contributed by atoms with Crippen LogP contribution < -0.4 is 15.2 Å². The molecule has 0 aliphatic carbocycles. The third kappa shape index (κ3) is 3.80. The van der Waals surface area contributed by atoms with Gasteiger partial charge < -0.3 is 20.2 Å². The summed E-state index contributed by atoms with van der Waals surface area (Å²) in [7, 11) is 1.68. The molecule has 1 heterocycles. The minimum absolute atomic E-state index is 0.253. The maximum absolute atomic E-state index is 6.10. The molecule has 3 rings (SSSR count). The van der Waals surface area contributed by atoms with Crippen molar-refractivity contribution in [1.29, 1.82) is 0 Å². The molecule has 1 unspecified atom stereocenters. The van der Waals surface area contributed by atoms with E-state index in [9.17, 15) is 0 Å². The predicted octanol–water partition coefficient (Wildman–Crippen LogP) is 4.25. The Kier molecular flexibility index (Phi) is 5.61. The van der Waals surface area contributed by atoms with Crippen LogP contribution in [0.3, 0.4) is 0 Å². The van der Waals surface area contributed by atoms with Crippen LogP contribution in [-0.2, 0) is 6.42 Å². The van der Waals surface area contributed by atoms with Crippen LogP contribution in [0.5, 0.6) is 11.5 Å². The Morgan fingerprint density at radius 2 is 1.96 bits per heavy atom. The molecule has 0 aliphatic rings. The average Bonchev–Trinajstić information content (AvgIpc) is 3.08. The topological polar surface area (TPSA) is 60.3 Å². The van der Waals surface area contributed by atoms with Crippen molar-refractivity contribution >= 4 is 10.9 Å². The van der Waals surface area contributed by atoms with E-state index in [0.29, 0.717) is 13.2 Å². The van der Waals surface area contributed by atoms with Gasteiger partial charge in [-0.05, 0) is 48.7 Å². The third-order valence-corrected chi connectivity index (χ3v) is 4.52. The maximum Gasteiger partial charge on any atom is 0.161 e. The number of hydrogen-bond acceptors (Lipinski definition) is 3. The molecular formula is C21H26N2O2. The summed E-state index contributed by atoms with van der Waals surface area (Å²) in [5.74, 6) is 1.83. The number of H-pyrrole nitrogens is 1. The van der Waals surface area contributed by atoms with Crippen LogP contribution in [0, 0.1) is 0 Å². The number of para-hydroxylation sites is 1. The molecule has 0 bridgehead atoms. The Bertz CT molecular complexity index is 826. The van der Waals surface area contributed by atoms with E-state index in [1.807, 2.05) is 12.1 Å². The van der Waals surface area contributed by atoms with Crippen LogP contribution in [0.4, 0.5) is 0 Å². The van der Waals surface area contributed by atoms with Crippen molar-refractivity contribution in [3.8, 4) is 11.5 Å². The number of methoxy groups -OCH3 is 1. The van der Waals surface area contributed by atoms with Gasteiger partial charge in [-0.2, -0.15) is 0 Å². The highest BCUT2D eigenvalue weighted by molar-refractivity contribution is 5.83. The van der Waals surface area contributed by atoms with Gasteiger partial charge in [-0.15, -0.1) is 0 Å². The van der Waals surface area contributed by atoms with E-state index in [1.54, 1.807) is 7.11 Å². The van der Waals surface area contributed by atoms with Crippen molar-refractivity contribution in [1.82, 2.24) is 4.98 Å². The normalized spacial score (nSPS) is 12.3. The molecule has 1 atom stereocenters. The molecule has 4 heteroatoms. The van der Waals surface area contributed by atoms with Crippen molar-refractivity contribution < 1.29 is 9.47 Å². The van der Waals surface area contributed by atoms with Gasteiger partial charge in [0.05, 0.1) is 13.7 Å². The lowest BCUT2D eigenvalue weighted by Crippen LogP contribution is -2.15. The second-order valence-corrected chi connectivity index (χ2v) is 6.26. The van der Waals surface area contributed by atoms with Crippen molar-refractivity contribution in [2.24, 2.45) is 5.73 Å². The average molecular weight is 338 g/mol. The summed E-state index contributed by atoms with van der Waals surface area (Å²) in [5, 5.41) is 1.24. The molecule has 1 aromatic heterocycles. The first-order valence-corrected chi connectivity index (χ1v) is 8.82. The molecule has 3 aromatic rings. The van der Waals surface area contributed by atoms with E-state index < -0.39 is 0 Å². The van der Waals surface area contributed by atoms with Crippen molar-refractivity contribution in [2.45, 2.75) is 25.7 Å². The van der Waals surface area contributed by atoms with Gasteiger partial charge in [-0.25, -0.2) is 0 Å². The van der Waals surface area contributed by atoms with E-state index in [-0.39, 0.29) is 5.92 Å². The summed E-state index contributed by atoms with van der Waals surface area (Å²) in [4.78, 5) is 3.34. The number of benzene rings is 2. The summed E-state index contributed by atoms with van der Waals surface area (Å²) in [5.41, 5.74) is 9.71. The van der Waals surface area contributed by atoms with Crippen molar-refractivity contribution in [3.05, 3.63) is 59.8 Å². The molecule has 0 saturated heterocycles. The van der Waals surface area contributed by atoms with Crippen LogP contribution in [0.15, 0.2) is 48.7 Å². The van der Waals surface area contributed by atoms with Crippen LogP contribution >= 0.6 is 0 Å². The summed E-state index contributed by atoms with van der Waals surface area (Å²) < 4.78 is 11.2. The number of ether oxygens (including phenoxy) is 2. The summed E-state index contributed by atoms with van der Waals surface area (Å²) in [6, 6.07) is 14.5. The minimum Gasteiger partial charge on any atom is -0.493 e. The summed E-state index contributed by atoms with van der Waals surface area (Å²) >= 11 is 0. The number of nitrogens with one attached hydrogen (secondary N) is 1. The smallest absolute Gasteiger partial charge is 0.161 e. The summed E-state index contributed by atoms with van der Waals surface area (Å²) in [6.07, 6.45) is 3.92. The van der Waals surface area contributed by atoms with Gasteiger partial charge >= 0.3 is 0 Å². The lowest BCUT2D eigenvalue weighted by Gasteiger charge is -2.16. The molecule has 25 heavy (non-hydrogen) atoms. The number of aromatic nitrogens is 1. The number of hydrogen-bond donors (Lipinski definition) is 2. The van der Waals surface area contributed by atoms with Crippen LogP contribution in [0.2, 0.25) is 0 Å². The second kappa shape index (κ2) is 8.08. The van der Waals surface area contributed by atoms with Gasteiger partial charge in [0.25, 0.3) is 0 Å². The van der Waals surface area contributed by atoms with Gasteiger partial charge in [0.15, 0.2) is 11.5 Å². The molecule has 0 spiro atoms. The Hall–Kier alpha value is -2.46. The standard InChI is InChI=1S/C21H26N2O2/c1-3-10-25-20-9-8-15(12-21(20)24-2)11-16(13-22)18-14-23-19-7-5-4-6-17(18)19/h4-9,12,14,16,23H,3,10-11,13,22H2,1-2H3. The first kappa shape index (κ1) is 17.4. The highest BCUT2D eigenvalue weighted by Gasteiger charge is 2.16. The van der Waals surface area contributed by atoms with E-state index in [0.717, 1.165) is 29.9 Å². The van der Waals surface area contributed by atoms with E-state index in [4.69, 9.17) is 15.2 Å². The lowest BCUT2D eigenvalue weighted by atomic mass is 9.91.